The number of rotatable bonds is 11. The number of oxime groups is 1. The minimum Gasteiger partial charge on any atom is -0.428 e. The van der Waals surface area contributed by atoms with Crippen molar-refractivity contribution in [3.63, 3.8) is 0 Å². The Kier molecular flexibility index (Phi) is 9.40. The fourth-order valence-electron chi connectivity index (χ4n) is 3.39. The fourth-order valence-corrected chi connectivity index (χ4v) is 6.00. The number of esters is 2. The van der Waals surface area contributed by atoms with E-state index in [0.29, 0.717) is 23.5 Å². The second-order valence-corrected chi connectivity index (χ2v) is 10.3. The van der Waals surface area contributed by atoms with E-state index in [-0.39, 0.29) is 28.7 Å². The van der Waals surface area contributed by atoms with Crippen LogP contribution in [0.2, 0.25) is 0 Å². The minimum atomic E-state index is -0.953. The summed E-state index contributed by atoms with van der Waals surface area (Å²) in [4.78, 5) is 55.3. The lowest BCUT2D eigenvalue weighted by Gasteiger charge is -2.49. The van der Waals surface area contributed by atoms with Crippen molar-refractivity contribution in [3.8, 4) is 0 Å². The third kappa shape index (κ3) is 6.08. The van der Waals surface area contributed by atoms with E-state index >= 15 is 0 Å². The zero-order valence-corrected chi connectivity index (χ0v) is 21.5. The van der Waals surface area contributed by atoms with Gasteiger partial charge in [-0.25, -0.2) is 9.78 Å². The van der Waals surface area contributed by atoms with Crippen LogP contribution in [0.15, 0.2) is 21.8 Å². The molecule has 15 heteroatoms. The molecule has 1 aromatic rings. The van der Waals surface area contributed by atoms with Gasteiger partial charge >= 0.3 is 11.9 Å². The standard InChI is InChI=1S/C20H25N5O7S3/c1-3-4-5-12(26)31-9-32-19(29)15-10(6-33-2)7-34-18-14(17(28)25(15)18)23-16(27)13(24-30)11-8-35-20(21)22-11/h8,14,18,30H,3-7,9H2,1-2H3,(H2,21,22)(H,23,27)/t14?,18-/m1/s1. The number of hydrogen-bond donors (Lipinski definition) is 3. The Morgan fingerprint density at radius 3 is 2.80 bits per heavy atom. The summed E-state index contributed by atoms with van der Waals surface area (Å²) in [6, 6.07) is -0.953. The Hall–Kier alpha value is -2.78. The molecular weight excluding hydrogens is 518 g/mol. The smallest absolute Gasteiger partial charge is 0.357 e. The lowest BCUT2D eigenvalue weighted by Crippen LogP contribution is -2.71. The van der Waals surface area contributed by atoms with Gasteiger partial charge in [-0.2, -0.15) is 11.8 Å². The number of aromatic nitrogens is 1. The molecule has 0 bridgehead atoms. The van der Waals surface area contributed by atoms with Crippen LogP contribution in [0.4, 0.5) is 5.13 Å². The summed E-state index contributed by atoms with van der Waals surface area (Å²) in [6.07, 6.45) is 3.59. The van der Waals surface area contributed by atoms with Crippen LogP contribution in [-0.2, 0) is 28.7 Å². The molecule has 190 valence electrons. The zero-order chi connectivity index (χ0) is 25.5. The van der Waals surface area contributed by atoms with Crippen molar-refractivity contribution in [2.45, 2.75) is 37.6 Å². The van der Waals surface area contributed by atoms with E-state index in [1.54, 1.807) is 0 Å². The van der Waals surface area contributed by atoms with Crippen LogP contribution in [0.3, 0.4) is 0 Å². The van der Waals surface area contributed by atoms with Crippen LogP contribution in [0, 0.1) is 0 Å². The van der Waals surface area contributed by atoms with Crippen LogP contribution in [0.1, 0.15) is 31.9 Å². The highest BCUT2D eigenvalue weighted by Crippen LogP contribution is 2.41. The van der Waals surface area contributed by atoms with Gasteiger partial charge in [0.25, 0.3) is 11.8 Å². The summed E-state index contributed by atoms with van der Waals surface area (Å²) in [5.41, 5.74) is 6.06. The van der Waals surface area contributed by atoms with E-state index in [1.807, 2.05) is 13.2 Å². The first-order valence-electron chi connectivity index (χ1n) is 10.5. The number of unbranched alkanes of at least 4 members (excludes halogenated alkanes) is 1. The van der Waals surface area contributed by atoms with E-state index in [0.717, 1.165) is 17.8 Å². The molecule has 2 aliphatic rings. The predicted molar refractivity (Wildman–Crippen MR) is 132 cm³/mol. The number of β-lactam (4-membered cyclic amide) rings is 1. The molecule has 2 amide bonds. The average Bonchev–Trinajstić information content (AvgIpc) is 3.27. The molecular formula is C20H25N5O7S3. The van der Waals surface area contributed by atoms with Crippen molar-refractivity contribution in [1.82, 2.24) is 15.2 Å². The van der Waals surface area contributed by atoms with Gasteiger partial charge in [-0.1, -0.05) is 18.5 Å². The molecule has 1 aromatic heterocycles. The van der Waals surface area contributed by atoms with Gasteiger partial charge in [0.15, 0.2) is 10.8 Å². The summed E-state index contributed by atoms with van der Waals surface area (Å²) in [7, 11) is 0. The van der Waals surface area contributed by atoms with Crippen LogP contribution in [-0.4, -0.2) is 80.5 Å². The van der Waals surface area contributed by atoms with E-state index in [2.05, 4.69) is 15.5 Å². The van der Waals surface area contributed by atoms with Gasteiger partial charge < -0.3 is 25.7 Å². The number of nitrogens with zero attached hydrogens (tertiary/aromatic N) is 3. The maximum Gasteiger partial charge on any atom is 0.357 e. The summed E-state index contributed by atoms with van der Waals surface area (Å²) in [5.74, 6) is -1.65. The number of amides is 2. The third-order valence-corrected chi connectivity index (χ3v) is 7.72. The van der Waals surface area contributed by atoms with Gasteiger partial charge in [-0.05, 0) is 18.2 Å². The normalized spacial score (nSPS) is 19.7. The first-order chi connectivity index (χ1) is 16.8. The number of hydrogen-bond acceptors (Lipinski definition) is 13. The molecule has 12 nitrogen and oxygen atoms in total. The molecule has 1 saturated heterocycles. The lowest BCUT2D eigenvalue weighted by molar-refractivity contribution is -0.168. The number of thiazole rings is 1. The number of thioether (sulfide) groups is 2. The third-order valence-electron chi connectivity index (χ3n) is 5.07. The Labute approximate surface area is 213 Å². The van der Waals surface area contributed by atoms with Crippen molar-refractivity contribution in [2.75, 3.05) is 30.3 Å². The van der Waals surface area contributed by atoms with Crippen molar-refractivity contribution >= 4 is 69.5 Å². The van der Waals surface area contributed by atoms with E-state index in [9.17, 15) is 24.4 Å². The van der Waals surface area contributed by atoms with E-state index in [4.69, 9.17) is 15.2 Å². The number of nitrogens with one attached hydrogen (secondary N) is 1. The molecule has 2 aliphatic heterocycles. The van der Waals surface area contributed by atoms with Gasteiger partial charge in [0.1, 0.15) is 22.8 Å². The second-order valence-electron chi connectivity index (χ2n) is 7.44. The highest BCUT2D eigenvalue weighted by Gasteiger charge is 2.54. The molecule has 0 aliphatic carbocycles. The van der Waals surface area contributed by atoms with Gasteiger partial charge in [0.05, 0.1) is 0 Å². The maximum atomic E-state index is 13.0. The molecule has 0 radical (unpaired) electrons. The predicted octanol–water partition coefficient (Wildman–Crippen LogP) is 1.15. The number of fused-ring (bicyclic) bond motifs is 1. The number of nitrogen functional groups attached to an aromatic ring is 1. The van der Waals surface area contributed by atoms with Crippen LogP contribution >= 0.6 is 34.9 Å². The first-order valence-corrected chi connectivity index (χ1v) is 13.9. The molecule has 35 heavy (non-hydrogen) atoms. The molecule has 0 saturated carbocycles. The lowest BCUT2D eigenvalue weighted by atomic mass is 10.0. The van der Waals surface area contributed by atoms with Crippen molar-refractivity contribution in [2.24, 2.45) is 5.16 Å². The van der Waals surface area contributed by atoms with E-state index in [1.165, 1.54) is 33.8 Å². The molecule has 0 aromatic carbocycles. The van der Waals surface area contributed by atoms with Gasteiger partial charge in [-0.3, -0.25) is 19.3 Å². The summed E-state index contributed by atoms with van der Waals surface area (Å²) in [5, 5.41) is 15.9. The number of carbonyl (C=O) groups is 4. The Morgan fingerprint density at radius 1 is 1.40 bits per heavy atom. The molecule has 2 atom stereocenters. The van der Waals surface area contributed by atoms with Crippen molar-refractivity contribution < 1.29 is 33.9 Å². The molecule has 3 heterocycles. The molecule has 4 N–H and O–H groups in total. The van der Waals surface area contributed by atoms with Crippen molar-refractivity contribution in [1.29, 1.82) is 0 Å². The zero-order valence-electron chi connectivity index (χ0n) is 19.0. The molecule has 1 unspecified atom stereocenters. The average molecular weight is 544 g/mol. The number of nitrogens with two attached hydrogens (primary N) is 1. The number of ether oxygens (including phenoxy) is 2. The van der Waals surface area contributed by atoms with Gasteiger partial charge in [0, 0.05) is 23.3 Å². The number of carbonyl (C=O) groups excluding carboxylic acids is 4. The monoisotopic (exact) mass is 543 g/mol. The summed E-state index contributed by atoms with van der Waals surface area (Å²) < 4.78 is 10.1. The second kappa shape index (κ2) is 12.3. The molecule has 1 fully saturated rings. The van der Waals surface area contributed by atoms with Crippen molar-refractivity contribution in [3.05, 3.63) is 22.3 Å². The SMILES string of the molecule is CCCCC(=O)OCOC(=O)C1=C(CSC)CS[C@@H]2C(NC(=O)C(=NO)c3csc(N)n3)C(=O)N12. The fraction of sp³-hybridized carbons (Fsp3) is 0.500. The Bertz CT molecular complexity index is 1060. The highest BCUT2D eigenvalue weighted by molar-refractivity contribution is 8.00. The van der Waals surface area contributed by atoms with E-state index < -0.39 is 42.0 Å². The first kappa shape index (κ1) is 26.8. The Balaban J connectivity index is 1.68. The number of anilines is 1. The van der Waals surface area contributed by atoms with Gasteiger partial charge in [0.2, 0.25) is 6.79 Å². The van der Waals surface area contributed by atoms with Crippen LogP contribution in [0.5, 0.6) is 0 Å². The minimum absolute atomic E-state index is 0.0762. The molecule has 0 spiro atoms. The quantitative estimate of drug-likeness (QED) is 0.0912. The Morgan fingerprint density at radius 2 is 2.17 bits per heavy atom. The molecule has 3 rings (SSSR count). The summed E-state index contributed by atoms with van der Waals surface area (Å²) >= 11 is 3.93. The van der Waals surface area contributed by atoms with Crippen LogP contribution in [0.25, 0.3) is 0 Å². The van der Waals surface area contributed by atoms with Gasteiger partial charge in [-0.15, -0.1) is 23.1 Å². The van der Waals surface area contributed by atoms with Crippen LogP contribution < -0.4 is 11.1 Å². The maximum absolute atomic E-state index is 13.0. The highest BCUT2D eigenvalue weighted by atomic mass is 32.2. The largest absolute Gasteiger partial charge is 0.428 e. The topological polar surface area (TPSA) is 174 Å². The summed E-state index contributed by atoms with van der Waals surface area (Å²) in [6.45, 7) is 1.39.